The Morgan fingerprint density at radius 3 is 2.85 bits per heavy atom. The van der Waals surface area contributed by atoms with E-state index in [1.807, 2.05) is 32.0 Å². The molecule has 12 nitrogen and oxygen atoms in total. The van der Waals surface area contributed by atoms with Crippen LogP contribution in [0.1, 0.15) is 21.5 Å². The number of primary amides is 1. The number of benzene rings is 2. The van der Waals surface area contributed by atoms with E-state index in [0.29, 0.717) is 23.1 Å². The number of fused-ring (bicyclic) bond motifs is 4. The number of rotatable bonds is 8. The Labute approximate surface area is 238 Å². The average molecular weight is 575 g/mol. The van der Waals surface area contributed by atoms with Crippen molar-refractivity contribution in [2.45, 2.75) is 26.4 Å². The zero-order valence-electron chi connectivity index (χ0n) is 22.4. The molecule has 0 bridgehead atoms. The van der Waals surface area contributed by atoms with E-state index in [9.17, 15) is 9.90 Å². The van der Waals surface area contributed by atoms with Crippen LogP contribution < -0.4 is 25.3 Å². The number of amides is 1. The molecule has 0 saturated carbocycles. The quantitative estimate of drug-likeness (QED) is 0.232. The van der Waals surface area contributed by atoms with Crippen LogP contribution in [0.3, 0.4) is 0 Å². The second-order valence-corrected chi connectivity index (χ2v) is 10.5. The van der Waals surface area contributed by atoms with Crippen molar-refractivity contribution in [1.29, 1.82) is 0 Å². The van der Waals surface area contributed by atoms with E-state index in [2.05, 4.69) is 20.3 Å². The Balaban J connectivity index is 1.21. The zero-order chi connectivity index (χ0) is 28.7. The number of carbonyl (C=O) groups is 1. The smallest absolute Gasteiger partial charge is 0.250 e. The van der Waals surface area contributed by atoms with Crippen LogP contribution in [0.15, 0.2) is 42.9 Å². The number of ether oxygens (including phenoxy) is 4. The Morgan fingerprint density at radius 2 is 2.05 bits per heavy atom. The van der Waals surface area contributed by atoms with Crippen LogP contribution in [0.25, 0.3) is 31.8 Å². The first kappa shape index (κ1) is 26.6. The summed E-state index contributed by atoms with van der Waals surface area (Å²) in [5, 5.41) is 13.8. The van der Waals surface area contributed by atoms with Crippen LogP contribution in [-0.2, 0) is 4.74 Å². The summed E-state index contributed by atoms with van der Waals surface area (Å²) in [4.78, 5) is 29.4. The molecule has 2 aromatic carbocycles. The third kappa shape index (κ3) is 5.29. The molecule has 0 spiro atoms. The third-order valence-corrected chi connectivity index (χ3v) is 7.53. The van der Waals surface area contributed by atoms with Gasteiger partial charge in [-0.05, 0) is 49.2 Å². The maximum Gasteiger partial charge on any atom is 0.250 e. The van der Waals surface area contributed by atoms with Crippen LogP contribution in [0.5, 0.6) is 17.4 Å². The van der Waals surface area contributed by atoms with Gasteiger partial charge in [0.2, 0.25) is 18.2 Å². The standard InChI is InChI=1S/C28H26N6O6S/c1-13-4-18(23-19(5-13)33-21(37-3)10-31-23)27-34-22-14(2)6-20-24(25(22)41-27)38-11-17(40-20)12-39-28(36)32-16-7-15(26(29)35)8-30-9-16/h4-10,17,28,32,36H,11-12H2,1-3H3,(H2,29,35). The first-order chi connectivity index (χ1) is 19.8. The van der Waals surface area contributed by atoms with Crippen molar-refractivity contribution in [3.8, 4) is 28.0 Å². The summed E-state index contributed by atoms with van der Waals surface area (Å²) in [6.07, 6.45) is 2.54. The Bertz CT molecular complexity index is 1790. The van der Waals surface area contributed by atoms with Crippen molar-refractivity contribution in [3.63, 3.8) is 0 Å². The molecule has 4 N–H and O–H groups in total. The van der Waals surface area contributed by atoms with Gasteiger partial charge >= 0.3 is 0 Å². The number of anilines is 1. The minimum Gasteiger partial charge on any atom is -0.484 e. The number of carbonyl (C=O) groups excluding carboxylic acids is 1. The van der Waals surface area contributed by atoms with Crippen LogP contribution in [0.4, 0.5) is 5.69 Å². The van der Waals surface area contributed by atoms with Crippen molar-refractivity contribution in [3.05, 3.63) is 59.5 Å². The molecule has 0 radical (unpaired) electrons. The number of methoxy groups -OCH3 is 1. The molecule has 2 atom stereocenters. The lowest BCUT2D eigenvalue weighted by molar-refractivity contribution is -0.107. The highest BCUT2D eigenvalue weighted by Gasteiger charge is 2.27. The predicted molar refractivity (Wildman–Crippen MR) is 152 cm³/mol. The number of nitrogens with one attached hydrogen (secondary N) is 1. The normalized spacial score (nSPS) is 15.2. The highest BCUT2D eigenvalue weighted by atomic mass is 32.1. The Morgan fingerprint density at radius 1 is 1.20 bits per heavy atom. The molecule has 41 heavy (non-hydrogen) atoms. The number of aryl methyl sites for hydroxylation is 2. The second kappa shape index (κ2) is 10.8. The molecule has 1 amide bonds. The molecule has 210 valence electrons. The average Bonchev–Trinajstić information content (AvgIpc) is 3.41. The van der Waals surface area contributed by atoms with Gasteiger partial charge < -0.3 is 35.1 Å². The van der Waals surface area contributed by atoms with E-state index in [1.54, 1.807) is 13.3 Å². The molecule has 3 aromatic heterocycles. The molecule has 6 rings (SSSR count). The van der Waals surface area contributed by atoms with Crippen molar-refractivity contribution in [2.75, 3.05) is 25.6 Å². The van der Waals surface area contributed by atoms with Crippen LogP contribution in [0, 0.1) is 13.8 Å². The fourth-order valence-electron chi connectivity index (χ4n) is 4.54. The molecule has 0 saturated heterocycles. The first-order valence-corrected chi connectivity index (χ1v) is 13.5. The van der Waals surface area contributed by atoms with Gasteiger partial charge in [0, 0.05) is 11.8 Å². The SMILES string of the molecule is COc1cnc2c(-c3nc4c(C)cc5c(c4s3)OCC(COC(O)Nc3cncc(C(N)=O)c3)O5)cc(C)cc2n1. The number of aliphatic hydroxyl groups is 1. The summed E-state index contributed by atoms with van der Waals surface area (Å²) < 4.78 is 24.0. The van der Waals surface area contributed by atoms with Crippen LogP contribution in [0.2, 0.25) is 0 Å². The van der Waals surface area contributed by atoms with Gasteiger partial charge in [-0.3, -0.25) is 9.78 Å². The molecular formula is C28H26N6O6S. The summed E-state index contributed by atoms with van der Waals surface area (Å²) in [6.45, 7) is 4.23. The summed E-state index contributed by atoms with van der Waals surface area (Å²) >= 11 is 1.50. The largest absolute Gasteiger partial charge is 0.484 e. The van der Waals surface area contributed by atoms with Crippen LogP contribution >= 0.6 is 11.3 Å². The topological polar surface area (TPSA) is 164 Å². The summed E-state index contributed by atoms with van der Waals surface area (Å²) in [6, 6.07) is 7.38. The number of nitrogens with zero attached hydrogens (tertiary/aromatic N) is 4. The molecule has 1 aliphatic heterocycles. The van der Waals surface area contributed by atoms with Gasteiger partial charge in [-0.2, -0.15) is 0 Å². The number of aromatic nitrogens is 4. The predicted octanol–water partition coefficient (Wildman–Crippen LogP) is 3.57. The molecular weight excluding hydrogens is 548 g/mol. The van der Waals surface area contributed by atoms with Gasteiger partial charge in [0.1, 0.15) is 16.3 Å². The van der Waals surface area contributed by atoms with Gasteiger partial charge in [-0.15, -0.1) is 11.3 Å². The van der Waals surface area contributed by atoms with E-state index >= 15 is 0 Å². The van der Waals surface area contributed by atoms with E-state index in [4.69, 9.17) is 29.7 Å². The molecule has 1 aliphatic rings. The molecule has 0 fully saturated rings. The minimum atomic E-state index is -1.37. The van der Waals surface area contributed by atoms with E-state index < -0.39 is 18.4 Å². The number of hydrogen-bond donors (Lipinski definition) is 3. The van der Waals surface area contributed by atoms with Crippen LogP contribution in [-0.4, -0.2) is 63.8 Å². The molecule has 0 aliphatic carbocycles. The maximum absolute atomic E-state index is 11.4. The number of aliphatic hydroxyl groups excluding tert-OH is 1. The van der Waals surface area contributed by atoms with Gasteiger partial charge in [0.05, 0.1) is 53.9 Å². The van der Waals surface area contributed by atoms with Gasteiger partial charge in [0.15, 0.2) is 17.6 Å². The highest BCUT2D eigenvalue weighted by Crippen LogP contribution is 2.46. The Kier molecular flexibility index (Phi) is 6.99. The third-order valence-electron chi connectivity index (χ3n) is 6.45. The van der Waals surface area contributed by atoms with Gasteiger partial charge in [-0.1, -0.05) is 0 Å². The van der Waals surface area contributed by atoms with Gasteiger partial charge in [0.25, 0.3) is 0 Å². The van der Waals surface area contributed by atoms with E-state index in [0.717, 1.165) is 42.9 Å². The van der Waals surface area contributed by atoms with Crippen molar-refractivity contribution >= 4 is 44.2 Å². The molecule has 13 heteroatoms. The number of thiazole rings is 1. The lowest BCUT2D eigenvalue weighted by Crippen LogP contribution is -2.36. The van der Waals surface area contributed by atoms with Crippen molar-refractivity contribution in [1.82, 2.24) is 19.9 Å². The van der Waals surface area contributed by atoms with E-state index in [1.165, 1.54) is 29.8 Å². The number of pyridine rings is 1. The molecule has 2 unspecified atom stereocenters. The second-order valence-electron chi connectivity index (χ2n) is 9.52. The van der Waals surface area contributed by atoms with Crippen molar-refractivity contribution < 1.29 is 28.8 Å². The lowest BCUT2D eigenvalue weighted by Gasteiger charge is -2.27. The Hall–Kier alpha value is -4.59. The fraction of sp³-hybridized carbons (Fsp3) is 0.250. The van der Waals surface area contributed by atoms with Gasteiger partial charge in [-0.25, -0.2) is 15.0 Å². The summed E-state index contributed by atoms with van der Waals surface area (Å²) in [5.41, 5.74) is 11.0. The van der Waals surface area contributed by atoms with Crippen molar-refractivity contribution in [2.24, 2.45) is 5.73 Å². The summed E-state index contributed by atoms with van der Waals surface area (Å²) in [5.74, 6) is 1.01. The molecule has 5 aromatic rings. The maximum atomic E-state index is 11.4. The number of nitrogens with two attached hydrogens (primary N) is 1. The first-order valence-electron chi connectivity index (χ1n) is 12.7. The molecule has 4 heterocycles. The number of hydrogen-bond acceptors (Lipinski definition) is 12. The highest BCUT2D eigenvalue weighted by molar-refractivity contribution is 7.22. The zero-order valence-corrected chi connectivity index (χ0v) is 23.2. The summed E-state index contributed by atoms with van der Waals surface area (Å²) in [7, 11) is 1.56. The van der Waals surface area contributed by atoms with E-state index in [-0.39, 0.29) is 18.8 Å². The monoisotopic (exact) mass is 574 g/mol. The fourth-order valence-corrected chi connectivity index (χ4v) is 5.69. The lowest BCUT2D eigenvalue weighted by atomic mass is 10.1. The minimum absolute atomic E-state index is 0.0407.